The zero-order valence-corrected chi connectivity index (χ0v) is 14.8. The average molecular weight is 335 g/mol. The van der Waals surface area contributed by atoms with Gasteiger partial charge >= 0.3 is 0 Å². The zero-order valence-electron chi connectivity index (χ0n) is 14.8. The molecule has 0 aromatic carbocycles. The van der Waals surface area contributed by atoms with Gasteiger partial charge in [0.1, 0.15) is 0 Å². The largest absolute Gasteiger partial charge is 0.374 e. The van der Waals surface area contributed by atoms with E-state index in [4.69, 9.17) is 4.74 Å². The molecule has 0 spiro atoms. The summed E-state index contributed by atoms with van der Waals surface area (Å²) in [6.45, 7) is 12.6. The number of morpholine rings is 1. The van der Waals surface area contributed by atoms with Crippen LogP contribution in [0.3, 0.4) is 0 Å². The standard InChI is InChI=1S/C17H29N5O2/c1-3-20-8-9-24-16(12-20)13-21-4-6-22(7-5-21)17(23)11-15-10-14(2)18-19-15/h10,16H,3-9,11-13H2,1-2H3,(H,18,19). The second-order valence-corrected chi connectivity index (χ2v) is 6.79. The number of piperazine rings is 1. The lowest BCUT2D eigenvalue weighted by Gasteiger charge is -2.39. The fourth-order valence-corrected chi connectivity index (χ4v) is 3.48. The van der Waals surface area contributed by atoms with E-state index in [1.54, 1.807) is 0 Å². The Morgan fingerprint density at radius 1 is 1.29 bits per heavy atom. The zero-order chi connectivity index (χ0) is 16.9. The van der Waals surface area contributed by atoms with Gasteiger partial charge in [0.05, 0.1) is 24.8 Å². The molecule has 7 nitrogen and oxygen atoms in total. The van der Waals surface area contributed by atoms with Crippen molar-refractivity contribution in [2.45, 2.75) is 26.4 Å². The summed E-state index contributed by atoms with van der Waals surface area (Å²) in [5, 5.41) is 7.04. The highest BCUT2D eigenvalue weighted by molar-refractivity contribution is 5.78. The Balaban J connectivity index is 1.41. The van der Waals surface area contributed by atoms with Gasteiger partial charge < -0.3 is 9.64 Å². The van der Waals surface area contributed by atoms with Gasteiger partial charge in [-0.25, -0.2) is 0 Å². The monoisotopic (exact) mass is 335 g/mol. The summed E-state index contributed by atoms with van der Waals surface area (Å²) < 4.78 is 5.89. The lowest BCUT2D eigenvalue weighted by atomic mass is 10.2. The molecular weight excluding hydrogens is 306 g/mol. The fourth-order valence-electron chi connectivity index (χ4n) is 3.48. The van der Waals surface area contributed by atoms with E-state index in [-0.39, 0.29) is 5.91 Å². The van der Waals surface area contributed by atoms with E-state index < -0.39 is 0 Å². The molecule has 134 valence electrons. The molecule has 2 aliphatic heterocycles. The summed E-state index contributed by atoms with van der Waals surface area (Å²) in [6, 6.07) is 1.94. The van der Waals surface area contributed by atoms with Crippen LogP contribution in [0.5, 0.6) is 0 Å². The molecule has 1 unspecified atom stereocenters. The number of hydrogen-bond donors (Lipinski definition) is 1. The van der Waals surface area contributed by atoms with Crippen molar-refractivity contribution in [3.63, 3.8) is 0 Å². The molecule has 2 fully saturated rings. The van der Waals surface area contributed by atoms with Crippen molar-refractivity contribution in [2.75, 3.05) is 59.0 Å². The van der Waals surface area contributed by atoms with E-state index in [1.807, 2.05) is 17.9 Å². The smallest absolute Gasteiger partial charge is 0.228 e. The number of carbonyl (C=O) groups is 1. The van der Waals surface area contributed by atoms with Gasteiger partial charge in [0.2, 0.25) is 5.91 Å². The number of nitrogens with zero attached hydrogens (tertiary/aromatic N) is 4. The molecule has 0 radical (unpaired) electrons. The molecule has 7 heteroatoms. The number of hydrogen-bond acceptors (Lipinski definition) is 5. The highest BCUT2D eigenvalue weighted by Crippen LogP contribution is 2.10. The molecule has 3 rings (SSSR count). The molecule has 1 aromatic rings. The van der Waals surface area contributed by atoms with Gasteiger partial charge in [-0.15, -0.1) is 0 Å². The van der Waals surface area contributed by atoms with Crippen molar-refractivity contribution >= 4 is 5.91 Å². The van der Waals surface area contributed by atoms with Crippen LogP contribution in [0.2, 0.25) is 0 Å². The highest BCUT2D eigenvalue weighted by Gasteiger charge is 2.26. The quantitative estimate of drug-likeness (QED) is 0.828. The number of amides is 1. The predicted molar refractivity (Wildman–Crippen MR) is 91.9 cm³/mol. The number of ether oxygens (including phenoxy) is 1. The molecule has 24 heavy (non-hydrogen) atoms. The maximum Gasteiger partial charge on any atom is 0.228 e. The van der Waals surface area contributed by atoms with E-state index in [9.17, 15) is 4.79 Å². The van der Waals surface area contributed by atoms with Crippen LogP contribution in [0.25, 0.3) is 0 Å². The van der Waals surface area contributed by atoms with Gasteiger partial charge in [-0.1, -0.05) is 6.92 Å². The van der Waals surface area contributed by atoms with Crippen molar-refractivity contribution in [3.05, 3.63) is 17.5 Å². The van der Waals surface area contributed by atoms with Crippen LogP contribution in [0.1, 0.15) is 18.3 Å². The first-order valence-electron chi connectivity index (χ1n) is 8.99. The summed E-state index contributed by atoms with van der Waals surface area (Å²) in [5.74, 6) is 0.173. The first-order chi connectivity index (χ1) is 11.6. The number of likely N-dealkylation sites (N-methyl/N-ethyl adjacent to an activating group) is 1. The lowest BCUT2D eigenvalue weighted by molar-refractivity contribution is -0.132. The summed E-state index contributed by atoms with van der Waals surface area (Å²) in [5.41, 5.74) is 1.83. The summed E-state index contributed by atoms with van der Waals surface area (Å²) >= 11 is 0. The summed E-state index contributed by atoms with van der Waals surface area (Å²) in [7, 11) is 0. The number of nitrogens with one attached hydrogen (secondary N) is 1. The molecule has 0 bridgehead atoms. The summed E-state index contributed by atoms with van der Waals surface area (Å²) in [6.07, 6.45) is 0.689. The normalized spacial score (nSPS) is 23.6. The summed E-state index contributed by atoms with van der Waals surface area (Å²) in [4.78, 5) is 19.2. The van der Waals surface area contributed by atoms with Crippen molar-refractivity contribution < 1.29 is 9.53 Å². The molecule has 2 aliphatic rings. The number of aromatic amines is 1. The van der Waals surface area contributed by atoms with Crippen LogP contribution < -0.4 is 0 Å². The molecule has 0 saturated carbocycles. The molecule has 2 saturated heterocycles. The van der Waals surface area contributed by atoms with E-state index in [0.717, 1.165) is 70.4 Å². The SMILES string of the molecule is CCN1CCOC(CN2CCN(C(=O)Cc3cc(C)[nH]n3)CC2)C1. The van der Waals surface area contributed by atoms with E-state index in [1.165, 1.54) is 0 Å². The van der Waals surface area contributed by atoms with Crippen molar-refractivity contribution in [2.24, 2.45) is 0 Å². The topological polar surface area (TPSA) is 64.7 Å². The van der Waals surface area contributed by atoms with E-state index in [2.05, 4.69) is 26.9 Å². The molecule has 1 amide bonds. The minimum atomic E-state index is 0.173. The Labute approximate surface area is 143 Å². The Bertz CT molecular complexity index is 539. The molecule has 3 heterocycles. The number of rotatable bonds is 5. The minimum absolute atomic E-state index is 0.173. The van der Waals surface area contributed by atoms with Crippen molar-refractivity contribution in [1.82, 2.24) is 24.9 Å². The van der Waals surface area contributed by atoms with Gasteiger partial charge in [0, 0.05) is 51.5 Å². The minimum Gasteiger partial charge on any atom is -0.374 e. The first kappa shape index (κ1) is 17.4. The second-order valence-electron chi connectivity index (χ2n) is 6.79. The van der Waals surface area contributed by atoms with Gasteiger partial charge in [-0.05, 0) is 19.5 Å². The van der Waals surface area contributed by atoms with E-state index in [0.29, 0.717) is 12.5 Å². The van der Waals surface area contributed by atoms with Crippen LogP contribution in [0.4, 0.5) is 0 Å². The lowest BCUT2D eigenvalue weighted by Crippen LogP contribution is -2.53. The third-order valence-electron chi connectivity index (χ3n) is 4.95. The maximum absolute atomic E-state index is 12.4. The molecule has 0 aliphatic carbocycles. The van der Waals surface area contributed by atoms with Crippen LogP contribution in [-0.2, 0) is 16.0 Å². The third-order valence-corrected chi connectivity index (χ3v) is 4.95. The van der Waals surface area contributed by atoms with Gasteiger partial charge in [0.15, 0.2) is 0 Å². The number of H-pyrrole nitrogens is 1. The van der Waals surface area contributed by atoms with E-state index >= 15 is 0 Å². The van der Waals surface area contributed by atoms with Crippen molar-refractivity contribution in [3.8, 4) is 0 Å². The Morgan fingerprint density at radius 3 is 2.75 bits per heavy atom. The van der Waals surface area contributed by atoms with Gasteiger partial charge in [-0.2, -0.15) is 5.10 Å². The Hall–Kier alpha value is -1.44. The molecule has 1 atom stereocenters. The Morgan fingerprint density at radius 2 is 2.08 bits per heavy atom. The highest BCUT2D eigenvalue weighted by atomic mass is 16.5. The maximum atomic E-state index is 12.4. The Kier molecular flexibility index (Phi) is 5.86. The van der Waals surface area contributed by atoms with Crippen LogP contribution in [-0.4, -0.2) is 95.9 Å². The fraction of sp³-hybridized carbons (Fsp3) is 0.765. The molecule has 1 N–H and O–H groups in total. The average Bonchev–Trinajstić information content (AvgIpc) is 3.00. The van der Waals surface area contributed by atoms with Gasteiger partial charge in [-0.3, -0.25) is 19.7 Å². The second kappa shape index (κ2) is 8.09. The number of aryl methyl sites for hydroxylation is 1. The predicted octanol–water partition coefficient (Wildman–Crippen LogP) is 0.126. The van der Waals surface area contributed by atoms with Crippen LogP contribution >= 0.6 is 0 Å². The van der Waals surface area contributed by atoms with Gasteiger partial charge in [0.25, 0.3) is 0 Å². The number of carbonyl (C=O) groups excluding carboxylic acids is 1. The third kappa shape index (κ3) is 4.55. The van der Waals surface area contributed by atoms with Crippen LogP contribution in [0, 0.1) is 6.92 Å². The number of aromatic nitrogens is 2. The van der Waals surface area contributed by atoms with Crippen molar-refractivity contribution in [1.29, 1.82) is 0 Å². The van der Waals surface area contributed by atoms with Crippen LogP contribution in [0.15, 0.2) is 6.07 Å². The molecule has 1 aromatic heterocycles. The first-order valence-corrected chi connectivity index (χ1v) is 8.99. The molecular formula is C17H29N5O2.